The van der Waals surface area contributed by atoms with Gasteiger partial charge in [-0.1, -0.05) is 28.1 Å². The van der Waals surface area contributed by atoms with E-state index in [-0.39, 0.29) is 18.7 Å². The molecule has 1 unspecified atom stereocenters. The highest BCUT2D eigenvalue weighted by molar-refractivity contribution is 9.10. The van der Waals surface area contributed by atoms with Gasteiger partial charge in [0.05, 0.1) is 6.54 Å². The van der Waals surface area contributed by atoms with Crippen molar-refractivity contribution in [2.24, 2.45) is 13.0 Å². The molecule has 0 radical (unpaired) electrons. The van der Waals surface area contributed by atoms with Gasteiger partial charge >= 0.3 is 5.69 Å². The Hall–Kier alpha value is -1.50. The fraction of sp³-hybridized carbons (Fsp3) is 0.385. The van der Waals surface area contributed by atoms with Gasteiger partial charge in [0.2, 0.25) is 0 Å². The first-order valence-electron chi connectivity index (χ1n) is 6.16. The molecule has 4 nitrogen and oxygen atoms in total. The molecule has 1 fully saturated rings. The van der Waals surface area contributed by atoms with E-state index >= 15 is 0 Å². The van der Waals surface area contributed by atoms with E-state index in [0.29, 0.717) is 5.82 Å². The van der Waals surface area contributed by atoms with Crippen LogP contribution in [-0.4, -0.2) is 20.3 Å². The normalized spacial score (nSPS) is 20.1. The number of benzene rings is 1. The third kappa shape index (κ3) is 2.30. The average molecular weight is 344 g/mol. The second-order valence-electron chi connectivity index (χ2n) is 5.02. The molecule has 1 saturated carbocycles. The minimum absolute atomic E-state index is 0.0315. The van der Waals surface area contributed by atoms with E-state index in [2.05, 4.69) is 21.0 Å². The lowest BCUT2D eigenvalue weighted by Crippen LogP contribution is -2.24. The second kappa shape index (κ2) is 4.51. The third-order valence-electron chi connectivity index (χ3n) is 3.49. The highest BCUT2D eigenvalue weighted by Gasteiger charge is 2.57. The highest BCUT2D eigenvalue weighted by atomic mass is 79.9. The Morgan fingerprint density at radius 2 is 2.00 bits per heavy atom. The molecular weight excluding hydrogens is 332 g/mol. The van der Waals surface area contributed by atoms with Gasteiger partial charge in [0, 0.05) is 29.4 Å². The van der Waals surface area contributed by atoms with Crippen LogP contribution in [0.4, 0.5) is 8.78 Å². The van der Waals surface area contributed by atoms with Gasteiger partial charge in [0.1, 0.15) is 0 Å². The minimum atomic E-state index is -2.64. The molecule has 1 aromatic carbocycles. The van der Waals surface area contributed by atoms with Gasteiger partial charge in [0.25, 0.3) is 5.92 Å². The zero-order valence-electron chi connectivity index (χ0n) is 10.7. The summed E-state index contributed by atoms with van der Waals surface area (Å²) in [5, 5.41) is 4.17. The van der Waals surface area contributed by atoms with Crippen molar-refractivity contribution in [2.75, 3.05) is 0 Å². The number of alkyl halides is 2. The molecule has 7 heteroatoms. The molecule has 1 aliphatic carbocycles. The summed E-state index contributed by atoms with van der Waals surface area (Å²) in [6.07, 6.45) is -0.163. The van der Waals surface area contributed by atoms with Crippen molar-refractivity contribution in [2.45, 2.75) is 18.9 Å². The Kier molecular flexibility index (Phi) is 3.04. The van der Waals surface area contributed by atoms with E-state index in [1.807, 2.05) is 24.3 Å². The third-order valence-corrected chi connectivity index (χ3v) is 4.02. The van der Waals surface area contributed by atoms with Crippen LogP contribution in [0, 0.1) is 5.92 Å². The van der Waals surface area contributed by atoms with Crippen molar-refractivity contribution in [3.8, 4) is 11.4 Å². The fourth-order valence-electron chi connectivity index (χ4n) is 2.13. The molecule has 0 amide bonds. The van der Waals surface area contributed by atoms with Crippen LogP contribution in [0.15, 0.2) is 33.5 Å². The van der Waals surface area contributed by atoms with Crippen LogP contribution in [0.5, 0.6) is 0 Å². The molecule has 0 saturated heterocycles. The topological polar surface area (TPSA) is 39.8 Å². The summed E-state index contributed by atoms with van der Waals surface area (Å²) in [5.41, 5.74) is 0.403. The monoisotopic (exact) mass is 343 g/mol. The highest BCUT2D eigenvalue weighted by Crippen LogP contribution is 2.49. The second-order valence-corrected chi connectivity index (χ2v) is 5.93. The summed E-state index contributed by atoms with van der Waals surface area (Å²) in [6, 6.07) is 7.32. The lowest BCUT2D eigenvalue weighted by molar-refractivity contribution is 0.0939. The predicted molar refractivity (Wildman–Crippen MR) is 73.7 cm³/mol. The average Bonchev–Trinajstić information content (AvgIpc) is 2.91. The zero-order valence-corrected chi connectivity index (χ0v) is 12.3. The summed E-state index contributed by atoms with van der Waals surface area (Å²) < 4.78 is 29.3. The predicted octanol–water partition coefficient (Wildman–Crippen LogP) is 2.67. The lowest BCUT2D eigenvalue weighted by Gasteiger charge is -1.99. The number of aromatic nitrogens is 3. The van der Waals surface area contributed by atoms with Crippen LogP contribution in [0.25, 0.3) is 11.4 Å². The first-order chi connectivity index (χ1) is 9.38. The zero-order chi connectivity index (χ0) is 14.5. The van der Waals surface area contributed by atoms with Gasteiger partial charge in [-0.15, -0.1) is 5.10 Å². The van der Waals surface area contributed by atoms with Crippen LogP contribution in [0.2, 0.25) is 0 Å². The first kappa shape index (κ1) is 13.5. The van der Waals surface area contributed by atoms with Crippen molar-refractivity contribution in [1.82, 2.24) is 14.3 Å². The van der Waals surface area contributed by atoms with Crippen LogP contribution in [0.1, 0.15) is 6.42 Å². The molecule has 1 atom stereocenters. The molecule has 0 N–H and O–H groups in total. The Bertz CT molecular complexity index is 705. The van der Waals surface area contributed by atoms with Gasteiger partial charge in [-0.05, 0) is 12.1 Å². The van der Waals surface area contributed by atoms with E-state index in [0.717, 1.165) is 14.7 Å². The van der Waals surface area contributed by atoms with Crippen LogP contribution >= 0.6 is 15.9 Å². The summed E-state index contributed by atoms with van der Waals surface area (Å²) in [5.74, 6) is -2.94. The van der Waals surface area contributed by atoms with E-state index in [1.165, 1.54) is 4.57 Å². The standard InChI is InChI=1S/C13H12BrF2N3O/c1-18-11(8-2-4-10(14)5-3-8)17-19(12(18)20)7-9-6-13(9,15)16/h2-5,9H,6-7H2,1H3. The molecule has 2 aromatic rings. The molecule has 1 aromatic heterocycles. The van der Waals surface area contributed by atoms with E-state index < -0.39 is 11.8 Å². The maximum Gasteiger partial charge on any atom is 0.345 e. The Morgan fingerprint density at radius 3 is 2.55 bits per heavy atom. The van der Waals surface area contributed by atoms with Gasteiger partial charge < -0.3 is 0 Å². The van der Waals surface area contributed by atoms with Gasteiger partial charge in [0.15, 0.2) is 5.82 Å². The van der Waals surface area contributed by atoms with E-state index in [4.69, 9.17) is 0 Å². The molecule has 20 heavy (non-hydrogen) atoms. The summed E-state index contributed by atoms with van der Waals surface area (Å²) in [6.45, 7) is -0.0315. The number of nitrogens with zero attached hydrogens (tertiary/aromatic N) is 3. The van der Waals surface area contributed by atoms with Crippen LogP contribution in [0.3, 0.4) is 0 Å². The number of halogens is 3. The van der Waals surface area contributed by atoms with Crippen molar-refractivity contribution in [3.05, 3.63) is 39.2 Å². The summed E-state index contributed by atoms with van der Waals surface area (Å²) in [4.78, 5) is 12.0. The molecule has 0 aliphatic heterocycles. The number of rotatable bonds is 3. The lowest BCUT2D eigenvalue weighted by atomic mass is 10.2. The SMILES string of the molecule is Cn1c(-c2ccc(Br)cc2)nn(CC2CC2(F)F)c1=O. The van der Waals surface area contributed by atoms with Gasteiger partial charge in [-0.25, -0.2) is 18.3 Å². The Labute approximate surface area is 122 Å². The minimum Gasteiger partial charge on any atom is -0.278 e. The van der Waals surface area contributed by atoms with Gasteiger partial charge in [-0.3, -0.25) is 4.57 Å². The van der Waals surface area contributed by atoms with Crippen molar-refractivity contribution in [1.29, 1.82) is 0 Å². The summed E-state index contributed by atoms with van der Waals surface area (Å²) >= 11 is 3.33. The number of hydrogen-bond donors (Lipinski definition) is 0. The quantitative estimate of drug-likeness (QED) is 0.859. The van der Waals surface area contributed by atoms with Crippen molar-refractivity contribution >= 4 is 15.9 Å². The van der Waals surface area contributed by atoms with Crippen molar-refractivity contribution < 1.29 is 8.78 Å². The van der Waals surface area contributed by atoms with E-state index in [1.54, 1.807) is 7.05 Å². The molecule has 1 heterocycles. The molecule has 0 bridgehead atoms. The number of hydrogen-bond acceptors (Lipinski definition) is 2. The maximum absolute atomic E-state index is 12.9. The Balaban J connectivity index is 1.93. The van der Waals surface area contributed by atoms with Gasteiger partial charge in [-0.2, -0.15) is 0 Å². The maximum atomic E-state index is 12.9. The van der Waals surface area contributed by atoms with Crippen LogP contribution < -0.4 is 5.69 Å². The molecular formula is C13H12BrF2N3O. The molecule has 1 aliphatic rings. The smallest absolute Gasteiger partial charge is 0.278 e. The first-order valence-corrected chi connectivity index (χ1v) is 6.95. The largest absolute Gasteiger partial charge is 0.345 e. The molecule has 3 rings (SSSR count). The molecule has 106 valence electrons. The van der Waals surface area contributed by atoms with Crippen molar-refractivity contribution in [3.63, 3.8) is 0 Å². The molecule has 0 spiro atoms. The Morgan fingerprint density at radius 1 is 1.40 bits per heavy atom. The van der Waals surface area contributed by atoms with Crippen LogP contribution in [-0.2, 0) is 13.6 Å². The van der Waals surface area contributed by atoms with E-state index in [9.17, 15) is 13.6 Å². The summed E-state index contributed by atoms with van der Waals surface area (Å²) in [7, 11) is 1.59. The fourth-order valence-corrected chi connectivity index (χ4v) is 2.40.